The number of ether oxygens (including phenoxy) is 1. The van der Waals surface area contributed by atoms with Crippen LogP contribution in [0.25, 0.3) is 0 Å². The number of hydrogen-bond donors (Lipinski definition) is 1. The molecule has 0 fully saturated rings. The van der Waals surface area contributed by atoms with Gasteiger partial charge < -0.3 is 10.1 Å². The number of para-hydroxylation sites is 1. The van der Waals surface area contributed by atoms with Crippen molar-refractivity contribution in [1.82, 2.24) is 0 Å². The summed E-state index contributed by atoms with van der Waals surface area (Å²) in [7, 11) is 0. The third kappa shape index (κ3) is 5.48. The first-order chi connectivity index (χ1) is 8.63. The van der Waals surface area contributed by atoms with E-state index < -0.39 is 0 Å². The van der Waals surface area contributed by atoms with Crippen LogP contribution < -0.4 is 5.32 Å². The molecule has 0 saturated heterocycles. The number of rotatable bonds is 6. The zero-order valence-electron chi connectivity index (χ0n) is 10.2. The lowest BCUT2D eigenvalue weighted by atomic mass is 10.2. The van der Waals surface area contributed by atoms with Gasteiger partial charge in [0.25, 0.3) is 5.91 Å². The maximum Gasteiger partial charge on any atom is 0.306 e. The normalized spacial score (nSPS) is 9.89. The number of halogens is 1. The van der Waals surface area contributed by atoms with Gasteiger partial charge >= 0.3 is 5.97 Å². The summed E-state index contributed by atoms with van der Waals surface area (Å²) in [5.41, 5.74) is 0.729. The number of carbonyl (C=O) groups is 2. The molecule has 0 heterocycles. The van der Waals surface area contributed by atoms with Gasteiger partial charge in [-0.25, -0.2) is 0 Å². The first-order valence-corrected chi connectivity index (χ1v) is 6.91. The number of benzene rings is 1. The fourth-order valence-corrected chi connectivity index (χ4v) is 1.81. The Morgan fingerprint density at radius 2 is 2.06 bits per heavy atom. The fraction of sp³-hybridized carbons (Fsp3) is 0.385. The lowest BCUT2D eigenvalue weighted by Crippen LogP contribution is -2.21. The molecule has 1 aromatic carbocycles. The second-order valence-corrected chi connectivity index (χ2v) is 4.95. The largest absolute Gasteiger partial charge is 0.456 e. The van der Waals surface area contributed by atoms with Crippen molar-refractivity contribution >= 4 is 40.2 Å². The van der Waals surface area contributed by atoms with Crippen molar-refractivity contribution in [2.75, 3.05) is 11.9 Å². The van der Waals surface area contributed by atoms with E-state index in [0.29, 0.717) is 6.42 Å². The molecule has 0 radical (unpaired) electrons. The Bertz CT molecular complexity index is 420. The van der Waals surface area contributed by atoms with Crippen LogP contribution in [-0.2, 0) is 14.3 Å². The van der Waals surface area contributed by atoms with Crippen molar-refractivity contribution in [3.63, 3.8) is 0 Å². The molecule has 0 atom stereocenters. The van der Waals surface area contributed by atoms with Gasteiger partial charge in [0, 0.05) is 9.99 Å². The summed E-state index contributed by atoms with van der Waals surface area (Å²) in [5, 5.41) is 2.70. The van der Waals surface area contributed by atoms with E-state index in [1.807, 2.05) is 25.1 Å². The number of anilines is 1. The molecular formula is C13H16INO3. The average Bonchev–Trinajstić information content (AvgIpc) is 2.36. The number of carbonyl (C=O) groups excluding carboxylic acids is 2. The van der Waals surface area contributed by atoms with Gasteiger partial charge in [0.1, 0.15) is 0 Å². The third-order valence-corrected chi connectivity index (χ3v) is 3.19. The molecule has 0 unspecified atom stereocenters. The molecular weight excluding hydrogens is 345 g/mol. The van der Waals surface area contributed by atoms with Gasteiger partial charge in [0.2, 0.25) is 0 Å². The molecule has 5 heteroatoms. The Kier molecular flexibility index (Phi) is 6.70. The van der Waals surface area contributed by atoms with Gasteiger partial charge in [-0.2, -0.15) is 0 Å². The summed E-state index contributed by atoms with van der Waals surface area (Å²) in [6, 6.07) is 7.43. The van der Waals surface area contributed by atoms with Crippen molar-refractivity contribution in [2.24, 2.45) is 0 Å². The summed E-state index contributed by atoms with van der Waals surface area (Å²) in [4.78, 5) is 22.8. The van der Waals surface area contributed by atoms with E-state index in [2.05, 4.69) is 27.9 Å². The van der Waals surface area contributed by atoms with Crippen LogP contribution in [0.1, 0.15) is 26.2 Å². The second-order valence-electron chi connectivity index (χ2n) is 3.79. The Labute approximate surface area is 120 Å². The van der Waals surface area contributed by atoms with Gasteiger partial charge in [-0.05, 0) is 41.1 Å². The molecule has 0 spiro atoms. The second kappa shape index (κ2) is 8.07. The van der Waals surface area contributed by atoms with Gasteiger partial charge in [-0.15, -0.1) is 0 Å². The van der Waals surface area contributed by atoms with E-state index in [1.165, 1.54) is 0 Å². The van der Waals surface area contributed by atoms with Crippen molar-refractivity contribution < 1.29 is 14.3 Å². The number of hydrogen-bond acceptors (Lipinski definition) is 3. The van der Waals surface area contributed by atoms with Gasteiger partial charge in [0.15, 0.2) is 6.61 Å². The molecule has 0 aliphatic rings. The number of esters is 1. The maximum absolute atomic E-state index is 11.6. The summed E-state index contributed by atoms with van der Waals surface area (Å²) >= 11 is 2.13. The van der Waals surface area contributed by atoms with Crippen LogP contribution in [0.15, 0.2) is 24.3 Å². The minimum Gasteiger partial charge on any atom is -0.456 e. The predicted molar refractivity (Wildman–Crippen MR) is 78.3 cm³/mol. The van der Waals surface area contributed by atoms with Crippen molar-refractivity contribution in [2.45, 2.75) is 26.2 Å². The number of unbranched alkanes of at least 4 members (excludes halogenated alkanes) is 1. The highest BCUT2D eigenvalue weighted by molar-refractivity contribution is 14.1. The lowest BCUT2D eigenvalue weighted by molar-refractivity contribution is -0.147. The molecule has 0 saturated carbocycles. The maximum atomic E-state index is 11.6. The van der Waals surface area contributed by atoms with Gasteiger partial charge in [0.05, 0.1) is 5.69 Å². The van der Waals surface area contributed by atoms with Crippen LogP contribution in [-0.4, -0.2) is 18.5 Å². The molecule has 1 N–H and O–H groups in total. The molecule has 0 bridgehead atoms. The fourth-order valence-electron chi connectivity index (χ4n) is 1.29. The van der Waals surface area contributed by atoms with Crippen LogP contribution in [0.4, 0.5) is 5.69 Å². The molecule has 0 aliphatic heterocycles. The van der Waals surface area contributed by atoms with Crippen LogP contribution in [0.3, 0.4) is 0 Å². The standard InChI is InChI=1S/C13H16INO3/c1-2-3-8-13(17)18-9-12(16)15-11-7-5-4-6-10(11)14/h4-7H,2-3,8-9H2,1H3,(H,15,16). The first-order valence-electron chi connectivity index (χ1n) is 5.83. The highest BCUT2D eigenvalue weighted by Crippen LogP contribution is 2.16. The minimum atomic E-state index is -0.324. The average molecular weight is 361 g/mol. The Hall–Kier alpha value is -1.11. The Balaban J connectivity index is 2.34. The predicted octanol–water partition coefficient (Wildman–Crippen LogP) is 2.96. The molecule has 1 rings (SSSR count). The number of amides is 1. The summed E-state index contributed by atoms with van der Waals surface area (Å²) in [6.45, 7) is 1.77. The highest BCUT2D eigenvalue weighted by atomic mass is 127. The smallest absolute Gasteiger partial charge is 0.306 e. The molecule has 18 heavy (non-hydrogen) atoms. The molecule has 98 valence electrons. The molecule has 4 nitrogen and oxygen atoms in total. The van der Waals surface area contributed by atoms with E-state index in [9.17, 15) is 9.59 Å². The topological polar surface area (TPSA) is 55.4 Å². The summed E-state index contributed by atoms with van der Waals surface area (Å²) < 4.78 is 5.81. The highest BCUT2D eigenvalue weighted by Gasteiger charge is 2.08. The minimum absolute atomic E-state index is 0.229. The SMILES string of the molecule is CCCCC(=O)OCC(=O)Nc1ccccc1I. The number of nitrogens with one attached hydrogen (secondary N) is 1. The summed E-state index contributed by atoms with van der Waals surface area (Å²) in [5.74, 6) is -0.640. The van der Waals surface area contributed by atoms with Gasteiger partial charge in [-0.3, -0.25) is 9.59 Å². The molecule has 1 aromatic rings. The lowest BCUT2D eigenvalue weighted by Gasteiger charge is -2.07. The molecule has 1 amide bonds. The van der Waals surface area contributed by atoms with E-state index in [-0.39, 0.29) is 18.5 Å². The van der Waals surface area contributed by atoms with Crippen molar-refractivity contribution in [3.05, 3.63) is 27.8 Å². The summed E-state index contributed by atoms with van der Waals surface area (Å²) in [6.07, 6.45) is 2.09. The first kappa shape index (κ1) is 14.9. The third-order valence-electron chi connectivity index (χ3n) is 2.25. The van der Waals surface area contributed by atoms with Crippen LogP contribution in [0.5, 0.6) is 0 Å². The van der Waals surface area contributed by atoms with Crippen LogP contribution in [0, 0.1) is 3.57 Å². The monoisotopic (exact) mass is 361 g/mol. The van der Waals surface area contributed by atoms with Crippen molar-refractivity contribution in [1.29, 1.82) is 0 Å². The molecule has 0 aliphatic carbocycles. The van der Waals surface area contributed by atoms with Gasteiger partial charge in [-0.1, -0.05) is 25.5 Å². The van der Waals surface area contributed by atoms with E-state index in [4.69, 9.17) is 4.74 Å². The van der Waals surface area contributed by atoms with Crippen LogP contribution >= 0.6 is 22.6 Å². The Morgan fingerprint density at radius 3 is 2.72 bits per heavy atom. The van der Waals surface area contributed by atoms with E-state index in [0.717, 1.165) is 22.1 Å². The van der Waals surface area contributed by atoms with E-state index in [1.54, 1.807) is 6.07 Å². The zero-order chi connectivity index (χ0) is 13.4. The van der Waals surface area contributed by atoms with Crippen molar-refractivity contribution in [3.8, 4) is 0 Å². The van der Waals surface area contributed by atoms with E-state index >= 15 is 0 Å². The van der Waals surface area contributed by atoms with Crippen LogP contribution in [0.2, 0.25) is 0 Å². The Morgan fingerprint density at radius 1 is 1.33 bits per heavy atom. The zero-order valence-corrected chi connectivity index (χ0v) is 12.4. The molecule has 0 aromatic heterocycles. The quantitative estimate of drug-likeness (QED) is 0.626.